The van der Waals surface area contributed by atoms with Gasteiger partial charge in [-0.05, 0) is 33.2 Å². The average Bonchev–Trinajstić information content (AvgIpc) is 2.84. The summed E-state index contributed by atoms with van der Waals surface area (Å²) < 4.78 is 0. The number of hydrogen-bond donors (Lipinski definition) is 0. The van der Waals surface area contributed by atoms with Gasteiger partial charge in [-0.3, -0.25) is 4.90 Å². The van der Waals surface area contributed by atoms with E-state index in [0.717, 1.165) is 6.04 Å². The minimum atomic E-state index is 0.600. The fourth-order valence-corrected chi connectivity index (χ4v) is 2.74. The molecule has 1 aliphatic heterocycles. The maximum Gasteiger partial charge on any atom is 0.0341 e. The first-order valence-corrected chi connectivity index (χ1v) is 5.67. The van der Waals surface area contributed by atoms with E-state index >= 15 is 0 Å². The number of rotatable bonds is 2. The Balaban J connectivity index is 2.01. The smallest absolute Gasteiger partial charge is 0.0341 e. The van der Waals surface area contributed by atoms with Crippen molar-refractivity contribution in [2.75, 3.05) is 26.2 Å². The van der Waals surface area contributed by atoms with Gasteiger partial charge in [-0.2, -0.15) is 0 Å². The molecule has 0 atom stereocenters. The van der Waals surface area contributed by atoms with Crippen LogP contribution in [0, 0.1) is 0 Å². The largest absolute Gasteiger partial charge is 0.300 e. The molecule has 0 aromatic carbocycles. The Morgan fingerprint density at radius 1 is 1.23 bits per heavy atom. The fraction of sp³-hybridized carbons (Fsp3) is 1.00. The van der Waals surface area contributed by atoms with Crippen molar-refractivity contribution in [2.24, 2.45) is 0 Å². The summed E-state index contributed by atoms with van der Waals surface area (Å²) in [6, 6.07) is 0.738. The summed E-state index contributed by atoms with van der Waals surface area (Å²) in [4.78, 5) is 5.32. The molecule has 2 aliphatic rings. The summed E-state index contributed by atoms with van der Waals surface area (Å²) in [5, 5.41) is 0. The molecule has 0 radical (unpaired) electrons. The molecule has 1 saturated heterocycles. The van der Waals surface area contributed by atoms with Gasteiger partial charge < -0.3 is 4.90 Å². The minimum absolute atomic E-state index is 0.600. The van der Waals surface area contributed by atoms with Crippen LogP contribution in [0.25, 0.3) is 0 Å². The molecule has 13 heavy (non-hydrogen) atoms. The van der Waals surface area contributed by atoms with Crippen molar-refractivity contribution in [2.45, 2.75) is 45.2 Å². The van der Waals surface area contributed by atoms with Gasteiger partial charge in [-0.15, -0.1) is 0 Å². The van der Waals surface area contributed by atoms with Crippen molar-refractivity contribution < 1.29 is 0 Å². The second-order valence-electron chi connectivity index (χ2n) is 4.88. The molecule has 2 nitrogen and oxygen atoms in total. The summed E-state index contributed by atoms with van der Waals surface area (Å²) in [6.07, 6.45) is 2.86. The van der Waals surface area contributed by atoms with Crippen LogP contribution in [-0.4, -0.2) is 47.6 Å². The van der Waals surface area contributed by atoms with Crippen LogP contribution in [0.2, 0.25) is 0 Å². The fourth-order valence-electron chi connectivity index (χ4n) is 2.74. The zero-order valence-electron chi connectivity index (χ0n) is 9.21. The first-order chi connectivity index (χ1) is 6.18. The van der Waals surface area contributed by atoms with E-state index in [2.05, 4.69) is 30.6 Å². The van der Waals surface area contributed by atoms with Gasteiger partial charge in [0.1, 0.15) is 0 Å². The maximum atomic E-state index is 2.72. The van der Waals surface area contributed by atoms with Gasteiger partial charge in [-0.25, -0.2) is 0 Å². The lowest BCUT2D eigenvalue weighted by molar-refractivity contribution is 0.0389. The molecule has 0 unspecified atom stereocenters. The molecule has 76 valence electrons. The quantitative estimate of drug-likeness (QED) is 0.639. The molecule has 2 heteroatoms. The number of nitrogens with zero attached hydrogens (tertiary/aromatic N) is 2. The summed E-state index contributed by atoms with van der Waals surface area (Å²) in [5.74, 6) is 0. The predicted octanol–water partition coefficient (Wildman–Crippen LogP) is 1.56. The molecule has 1 aliphatic carbocycles. The Bertz CT molecular complexity index is 185. The highest BCUT2D eigenvalue weighted by Gasteiger charge is 2.51. The predicted molar refractivity (Wildman–Crippen MR) is 55.9 cm³/mol. The topological polar surface area (TPSA) is 6.48 Å². The van der Waals surface area contributed by atoms with Crippen LogP contribution in [-0.2, 0) is 0 Å². The van der Waals surface area contributed by atoms with Crippen molar-refractivity contribution in [3.05, 3.63) is 0 Å². The molecule has 0 aromatic heterocycles. The maximum absolute atomic E-state index is 2.72. The Kier molecular flexibility index (Phi) is 2.37. The second kappa shape index (κ2) is 3.25. The van der Waals surface area contributed by atoms with Crippen molar-refractivity contribution in [3.8, 4) is 0 Å². The van der Waals surface area contributed by atoms with Crippen LogP contribution in [0.1, 0.15) is 33.6 Å². The van der Waals surface area contributed by atoms with Crippen molar-refractivity contribution >= 4 is 0 Å². The highest BCUT2D eigenvalue weighted by Crippen LogP contribution is 2.45. The molecule has 1 spiro atoms. The van der Waals surface area contributed by atoms with Gasteiger partial charge in [0.25, 0.3) is 0 Å². The highest BCUT2D eigenvalue weighted by atomic mass is 15.3. The third kappa shape index (κ3) is 1.62. The molecule has 0 aromatic rings. The van der Waals surface area contributed by atoms with E-state index < -0.39 is 0 Å². The normalized spacial score (nSPS) is 28.6. The van der Waals surface area contributed by atoms with Crippen LogP contribution in [0.5, 0.6) is 0 Å². The van der Waals surface area contributed by atoms with E-state index in [1.165, 1.54) is 39.0 Å². The first kappa shape index (κ1) is 9.47. The van der Waals surface area contributed by atoms with E-state index in [1.807, 2.05) is 0 Å². The Morgan fingerprint density at radius 2 is 1.92 bits per heavy atom. The zero-order chi connectivity index (χ0) is 9.47. The molecule has 1 heterocycles. The van der Waals surface area contributed by atoms with E-state index in [-0.39, 0.29) is 0 Å². The summed E-state index contributed by atoms with van der Waals surface area (Å²) in [7, 11) is 0. The first-order valence-electron chi connectivity index (χ1n) is 5.67. The van der Waals surface area contributed by atoms with Crippen LogP contribution in [0.4, 0.5) is 0 Å². The Labute approximate surface area is 81.9 Å². The number of piperazine rings is 1. The lowest BCUT2D eigenvalue weighted by Gasteiger charge is -2.44. The average molecular weight is 182 g/mol. The molecule has 0 bridgehead atoms. The monoisotopic (exact) mass is 182 g/mol. The second-order valence-corrected chi connectivity index (χ2v) is 4.88. The van der Waals surface area contributed by atoms with Crippen LogP contribution >= 0.6 is 0 Å². The summed E-state index contributed by atoms with van der Waals surface area (Å²) >= 11 is 0. The molecular formula is C11H22N2. The summed E-state index contributed by atoms with van der Waals surface area (Å²) in [5.41, 5.74) is 0.600. The SMILES string of the molecule is CCN1CCN(C(C)C)C2(CC2)C1. The van der Waals surface area contributed by atoms with Gasteiger partial charge in [0.05, 0.1) is 0 Å². The van der Waals surface area contributed by atoms with E-state index in [9.17, 15) is 0 Å². The van der Waals surface area contributed by atoms with E-state index in [1.54, 1.807) is 0 Å². The van der Waals surface area contributed by atoms with Gasteiger partial charge in [0, 0.05) is 31.2 Å². The third-order valence-corrected chi connectivity index (χ3v) is 3.68. The van der Waals surface area contributed by atoms with Crippen molar-refractivity contribution in [1.82, 2.24) is 9.80 Å². The standard InChI is InChI=1S/C11H22N2/c1-4-12-7-8-13(10(2)3)11(9-12)5-6-11/h10H,4-9H2,1-3H3. The zero-order valence-corrected chi connectivity index (χ0v) is 9.21. The van der Waals surface area contributed by atoms with Gasteiger partial charge in [-0.1, -0.05) is 6.92 Å². The lowest BCUT2D eigenvalue weighted by atomic mass is 10.1. The van der Waals surface area contributed by atoms with Crippen LogP contribution in [0.15, 0.2) is 0 Å². The highest BCUT2D eigenvalue weighted by molar-refractivity contribution is 5.08. The minimum Gasteiger partial charge on any atom is -0.300 e. The van der Waals surface area contributed by atoms with Gasteiger partial charge in [0.2, 0.25) is 0 Å². The number of hydrogen-bond acceptors (Lipinski definition) is 2. The molecule has 2 fully saturated rings. The molecule has 1 saturated carbocycles. The molecule has 0 N–H and O–H groups in total. The van der Waals surface area contributed by atoms with Gasteiger partial charge >= 0.3 is 0 Å². The van der Waals surface area contributed by atoms with E-state index in [4.69, 9.17) is 0 Å². The Hall–Kier alpha value is -0.0800. The van der Waals surface area contributed by atoms with Crippen LogP contribution in [0.3, 0.4) is 0 Å². The van der Waals surface area contributed by atoms with Crippen molar-refractivity contribution in [3.63, 3.8) is 0 Å². The molecule has 0 amide bonds. The Morgan fingerprint density at radius 3 is 2.38 bits per heavy atom. The van der Waals surface area contributed by atoms with Crippen LogP contribution < -0.4 is 0 Å². The molecular weight excluding hydrogens is 160 g/mol. The van der Waals surface area contributed by atoms with E-state index in [0.29, 0.717) is 5.54 Å². The molecule has 2 rings (SSSR count). The van der Waals surface area contributed by atoms with Crippen molar-refractivity contribution in [1.29, 1.82) is 0 Å². The summed E-state index contributed by atoms with van der Waals surface area (Å²) in [6.45, 7) is 12.1. The lowest BCUT2D eigenvalue weighted by Crippen LogP contribution is -2.56. The van der Waals surface area contributed by atoms with Gasteiger partial charge in [0.15, 0.2) is 0 Å². The third-order valence-electron chi connectivity index (χ3n) is 3.68. The number of likely N-dealkylation sites (N-methyl/N-ethyl adjacent to an activating group) is 1.